The average Bonchev–Trinajstić information content (AvgIpc) is 2.65. The molecule has 0 spiro atoms. The van der Waals surface area contributed by atoms with Gasteiger partial charge in [-0.3, -0.25) is 4.99 Å². The lowest BCUT2D eigenvalue weighted by Gasteiger charge is -2.18. The first-order valence-corrected chi connectivity index (χ1v) is 8.59. The van der Waals surface area contributed by atoms with Crippen molar-refractivity contribution in [1.82, 2.24) is 10.6 Å². The van der Waals surface area contributed by atoms with Crippen LogP contribution in [0.15, 0.2) is 59.6 Å². The molecule has 3 N–H and O–H groups in total. The molecule has 1 atom stereocenters. The van der Waals surface area contributed by atoms with E-state index in [9.17, 15) is 5.11 Å². The second-order valence-electron chi connectivity index (χ2n) is 5.48. The van der Waals surface area contributed by atoms with Gasteiger partial charge in [-0.1, -0.05) is 48.0 Å². The fourth-order valence-corrected chi connectivity index (χ4v) is 2.53. The Morgan fingerprint density at radius 2 is 1.92 bits per heavy atom. The van der Waals surface area contributed by atoms with E-state index in [1.54, 1.807) is 13.1 Å². The highest BCUT2D eigenvalue weighted by Gasteiger charge is 2.10. The summed E-state index contributed by atoms with van der Waals surface area (Å²) < 4.78 is 5.63. The summed E-state index contributed by atoms with van der Waals surface area (Å²) >= 11 is 5.92. The SMILES string of the molecule is CN=C(NCCOc1cccc(Cl)c1)NCC(CO)c1ccccc1.I. The fraction of sp³-hybridized carbons (Fsp3) is 0.316. The van der Waals surface area contributed by atoms with Crippen LogP contribution in [0.4, 0.5) is 0 Å². The first-order valence-electron chi connectivity index (χ1n) is 8.21. The number of rotatable bonds is 8. The quantitative estimate of drug-likeness (QED) is 0.230. The normalized spacial score (nSPS) is 12.0. The minimum atomic E-state index is 0. The Morgan fingerprint density at radius 1 is 1.15 bits per heavy atom. The van der Waals surface area contributed by atoms with Crippen molar-refractivity contribution in [1.29, 1.82) is 0 Å². The van der Waals surface area contributed by atoms with Gasteiger partial charge >= 0.3 is 0 Å². The molecular formula is C19H25ClIN3O2. The van der Waals surface area contributed by atoms with Gasteiger partial charge in [-0.2, -0.15) is 0 Å². The van der Waals surface area contributed by atoms with Crippen LogP contribution in [-0.4, -0.2) is 44.4 Å². The number of aliphatic hydroxyl groups is 1. The van der Waals surface area contributed by atoms with Crippen LogP contribution >= 0.6 is 35.6 Å². The average molecular weight is 490 g/mol. The Labute approximate surface area is 176 Å². The molecule has 0 saturated carbocycles. The smallest absolute Gasteiger partial charge is 0.191 e. The minimum Gasteiger partial charge on any atom is -0.492 e. The van der Waals surface area contributed by atoms with E-state index in [0.717, 1.165) is 11.3 Å². The third kappa shape index (κ3) is 7.80. The minimum absolute atomic E-state index is 0. The molecule has 0 saturated heterocycles. The number of aliphatic imine (C=N–C) groups is 1. The van der Waals surface area contributed by atoms with Crippen LogP contribution in [0.2, 0.25) is 5.02 Å². The number of benzene rings is 2. The molecule has 0 heterocycles. The first kappa shape index (κ1) is 22.5. The van der Waals surface area contributed by atoms with Gasteiger partial charge in [-0.15, -0.1) is 24.0 Å². The van der Waals surface area contributed by atoms with Crippen LogP contribution < -0.4 is 15.4 Å². The third-order valence-corrected chi connectivity index (χ3v) is 3.93. The van der Waals surface area contributed by atoms with Crippen LogP contribution in [-0.2, 0) is 0 Å². The van der Waals surface area contributed by atoms with E-state index in [-0.39, 0.29) is 36.5 Å². The summed E-state index contributed by atoms with van der Waals surface area (Å²) in [7, 11) is 1.71. The summed E-state index contributed by atoms with van der Waals surface area (Å²) in [5, 5.41) is 16.7. The van der Waals surface area contributed by atoms with Gasteiger partial charge in [0.1, 0.15) is 12.4 Å². The predicted octanol–water partition coefficient (Wildman–Crippen LogP) is 3.28. The van der Waals surface area contributed by atoms with E-state index in [1.165, 1.54) is 0 Å². The summed E-state index contributed by atoms with van der Waals surface area (Å²) in [6.07, 6.45) is 0. The van der Waals surface area contributed by atoms with E-state index in [1.807, 2.05) is 48.5 Å². The van der Waals surface area contributed by atoms with Crippen molar-refractivity contribution in [2.24, 2.45) is 4.99 Å². The Morgan fingerprint density at radius 3 is 2.58 bits per heavy atom. The summed E-state index contributed by atoms with van der Waals surface area (Å²) in [6.45, 7) is 1.76. The number of nitrogens with one attached hydrogen (secondary N) is 2. The number of nitrogens with zero attached hydrogens (tertiary/aromatic N) is 1. The molecule has 7 heteroatoms. The highest BCUT2D eigenvalue weighted by molar-refractivity contribution is 14.0. The van der Waals surface area contributed by atoms with E-state index >= 15 is 0 Å². The molecule has 2 aromatic carbocycles. The second-order valence-corrected chi connectivity index (χ2v) is 5.91. The molecule has 2 rings (SSSR count). The molecule has 0 bridgehead atoms. The van der Waals surface area contributed by atoms with E-state index < -0.39 is 0 Å². The van der Waals surface area contributed by atoms with Crippen LogP contribution in [0.25, 0.3) is 0 Å². The molecular weight excluding hydrogens is 465 g/mol. The van der Waals surface area contributed by atoms with Crippen LogP contribution in [0.5, 0.6) is 5.75 Å². The van der Waals surface area contributed by atoms with Crippen molar-refractivity contribution in [2.75, 3.05) is 33.4 Å². The third-order valence-electron chi connectivity index (χ3n) is 3.69. The van der Waals surface area contributed by atoms with Crippen molar-refractivity contribution in [3.05, 3.63) is 65.2 Å². The lowest BCUT2D eigenvalue weighted by atomic mass is 10.0. The fourth-order valence-electron chi connectivity index (χ4n) is 2.35. The lowest BCUT2D eigenvalue weighted by molar-refractivity contribution is 0.265. The standard InChI is InChI=1S/C19H24ClN3O2.HI/c1-21-19(22-10-11-25-18-9-5-8-17(20)12-18)23-13-16(14-24)15-6-3-2-4-7-15;/h2-9,12,16,24H,10-11,13-14H2,1H3,(H2,21,22,23);1H. The molecule has 26 heavy (non-hydrogen) atoms. The zero-order valence-corrected chi connectivity index (χ0v) is 17.8. The molecule has 0 aliphatic heterocycles. The number of aliphatic hydroxyl groups excluding tert-OH is 1. The summed E-state index contributed by atoms with van der Waals surface area (Å²) in [5.74, 6) is 1.42. The summed E-state index contributed by atoms with van der Waals surface area (Å²) in [5.41, 5.74) is 1.09. The Balaban J connectivity index is 0.00000338. The second kappa shape index (κ2) is 12.8. The highest BCUT2D eigenvalue weighted by Crippen LogP contribution is 2.16. The Bertz CT molecular complexity index is 671. The maximum atomic E-state index is 9.60. The predicted molar refractivity (Wildman–Crippen MR) is 118 cm³/mol. The molecule has 5 nitrogen and oxygen atoms in total. The van der Waals surface area contributed by atoms with Gasteiger partial charge in [-0.05, 0) is 23.8 Å². The monoisotopic (exact) mass is 489 g/mol. The molecule has 0 amide bonds. The molecule has 0 aliphatic carbocycles. The number of ether oxygens (including phenoxy) is 1. The van der Waals surface area contributed by atoms with Crippen molar-refractivity contribution in [2.45, 2.75) is 5.92 Å². The first-order chi connectivity index (χ1) is 12.2. The van der Waals surface area contributed by atoms with Gasteiger partial charge in [0.15, 0.2) is 5.96 Å². The zero-order valence-electron chi connectivity index (χ0n) is 14.7. The molecule has 0 aromatic heterocycles. The van der Waals surface area contributed by atoms with Crippen LogP contribution in [0.1, 0.15) is 11.5 Å². The van der Waals surface area contributed by atoms with E-state index in [4.69, 9.17) is 16.3 Å². The maximum absolute atomic E-state index is 9.60. The van der Waals surface area contributed by atoms with Gasteiger partial charge in [0.2, 0.25) is 0 Å². The van der Waals surface area contributed by atoms with Crippen molar-refractivity contribution < 1.29 is 9.84 Å². The molecule has 1 unspecified atom stereocenters. The van der Waals surface area contributed by atoms with Crippen molar-refractivity contribution in [3.8, 4) is 5.75 Å². The number of hydrogen-bond donors (Lipinski definition) is 3. The van der Waals surface area contributed by atoms with Gasteiger partial charge in [0.25, 0.3) is 0 Å². The number of halogens is 2. The lowest BCUT2D eigenvalue weighted by Crippen LogP contribution is -2.41. The van der Waals surface area contributed by atoms with Gasteiger partial charge in [-0.25, -0.2) is 0 Å². The largest absolute Gasteiger partial charge is 0.492 e. The number of hydrogen-bond acceptors (Lipinski definition) is 3. The van der Waals surface area contributed by atoms with Gasteiger partial charge in [0.05, 0.1) is 13.2 Å². The summed E-state index contributed by atoms with van der Waals surface area (Å²) in [4.78, 5) is 4.18. The van der Waals surface area contributed by atoms with Gasteiger partial charge in [0, 0.05) is 24.5 Å². The van der Waals surface area contributed by atoms with E-state index in [0.29, 0.717) is 30.7 Å². The van der Waals surface area contributed by atoms with Crippen LogP contribution in [0, 0.1) is 0 Å². The molecule has 142 valence electrons. The highest BCUT2D eigenvalue weighted by atomic mass is 127. The molecule has 0 aliphatic rings. The van der Waals surface area contributed by atoms with Crippen molar-refractivity contribution >= 4 is 41.5 Å². The van der Waals surface area contributed by atoms with Crippen molar-refractivity contribution in [3.63, 3.8) is 0 Å². The van der Waals surface area contributed by atoms with E-state index in [2.05, 4.69) is 15.6 Å². The zero-order chi connectivity index (χ0) is 17.9. The van der Waals surface area contributed by atoms with Crippen LogP contribution in [0.3, 0.4) is 0 Å². The number of guanidine groups is 1. The molecule has 0 radical (unpaired) electrons. The Kier molecular flexibility index (Phi) is 11.1. The molecule has 0 fully saturated rings. The Hall–Kier alpha value is -1.51. The summed E-state index contributed by atoms with van der Waals surface area (Å²) in [6, 6.07) is 17.2. The van der Waals surface area contributed by atoms with Gasteiger partial charge < -0.3 is 20.5 Å². The topological polar surface area (TPSA) is 65.9 Å². The maximum Gasteiger partial charge on any atom is 0.191 e. The molecule has 2 aromatic rings.